The molecule has 0 aliphatic rings. The minimum Gasteiger partial charge on any atom is -0.356 e. The molecule has 0 saturated heterocycles. The summed E-state index contributed by atoms with van der Waals surface area (Å²) in [6.45, 7) is 0.647. The maximum Gasteiger partial charge on any atom is 0.224 e. The quantitative estimate of drug-likeness (QED) is 0.816. The van der Waals surface area contributed by atoms with Crippen molar-refractivity contribution in [1.29, 1.82) is 5.26 Å². The first kappa shape index (κ1) is 14.1. The molecule has 1 N–H and O–H groups in total. The summed E-state index contributed by atoms with van der Waals surface area (Å²) in [7, 11) is 0. The van der Waals surface area contributed by atoms with Crippen molar-refractivity contribution in [2.24, 2.45) is 0 Å². The van der Waals surface area contributed by atoms with Crippen LogP contribution in [0.1, 0.15) is 24.8 Å². The van der Waals surface area contributed by atoms with Crippen molar-refractivity contribution in [3.05, 3.63) is 48.0 Å². The van der Waals surface area contributed by atoms with E-state index >= 15 is 0 Å². The summed E-state index contributed by atoms with van der Waals surface area (Å²) in [6.07, 6.45) is 2.66. The van der Waals surface area contributed by atoms with Crippen LogP contribution in [0, 0.1) is 11.3 Å². The zero-order chi connectivity index (χ0) is 14.2. The van der Waals surface area contributed by atoms with E-state index in [-0.39, 0.29) is 5.91 Å². The first-order valence-electron chi connectivity index (χ1n) is 6.91. The normalized spacial score (nSPS) is 10.2. The monoisotopic (exact) mass is 266 g/mol. The standard InChI is InChI=1S/C17H18N2O/c18-10-4-1-5-11-19-17(20)13-14-8-9-15-6-2-3-7-16(15)12-14/h2-3,6-9,12H,1,4-5,11,13H2,(H,19,20). The summed E-state index contributed by atoms with van der Waals surface area (Å²) in [5.74, 6) is 0.0391. The third kappa shape index (κ3) is 4.10. The van der Waals surface area contributed by atoms with Gasteiger partial charge in [-0.1, -0.05) is 42.5 Å². The predicted octanol–water partition coefficient (Wildman–Crippen LogP) is 3.19. The Labute approximate surface area is 119 Å². The van der Waals surface area contributed by atoms with Crippen molar-refractivity contribution in [1.82, 2.24) is 5.32 Å². The number of fused-ring (bicyclic) bond motifs is 1. The van der Waals surface area contributed by atoms with Crippen LogP contribution < -0.4 is 5.32 Å². The molecule has 3 nitrogen and oxygen atoms in total. The maximum absolute atomic E-state index is 11.8. The Balaban J connectivity index is 1.85. The summed E-state index contributed by atoms with van der Waals surface area (Å²) in [5, 5.41) is 13.7. The molecule has 102 valence electrons. The SMILES string of the molecule is N#CCCCCNC(=O)Cc1ccc2ccccc2c1. The molecular formula is C17H18N2O. The lowest BCUT2D eigenvalue weighted by Crippen LogP contribution is -2.26. The van der Waals surface area contributed by atoms with Crippen molar-refractivity contribution in [2.75, 3.05) is 6.54 Å². The van der Waals surface area contributed by atoms with Crippen LogP contribution in [0.4, 0.5) is 0 Å². The molecule has 3 heteroatoms. The molecule has 0 aliphatic heterocycles. The maximum atomic E-state index is 11.8. The van der Waals surface area contributed by atoms with Crippen molar-refractivity contribution in [3.8, 4) is 6.07 Å². The number of unbranched alkanes of at least 4 members (excludes halogenated alkanes) is 2. The van der Waals surface area contributed by atoms with Crippen molar-refractivity contribution in [2.45, 2.75) is 25.7 Å². The van der Waals surface area contributed by atoms with E-state index in [9.17, 15) is 4.79 Å². The third-order valence-corrected chi connectivity index (χ3v) is 3.22. The molecule has 0 bridgehead atoms. The Morgan fingerprint density at radius 1 is 1.10 bits per heavy atom. The minimum absolute atomic E-state index is 0.0391. The van der Waals surface area contributed by atoms with Gasteiger partial charge < -0.3 is 5.32 Å². The number of nitriles is 1. The second-order valence-electron chi connectivity index (χ2n) is 4.82. The van der Waals surface area contributed by atoms with E-state index in [2.05, 4.69) is 29.6 Å². The van der Waals surface area contributed by atoms with Crippen LogP contribution in [0.5, 0.6) is 0 Å². The second-order valence-corrected chi connectivity index (χ2v) is 4.82. The predicted molar refractivity (Wildman–Crippen MR) is 80.1 cm³/mol. The summed E-state index contributed by atoms with van der Waals surface area (Å²) in [4.78, 5) is 11.8. The number of nitrogens with zero attached hydrogens (tertiary/aromatic N) is 1. The van der Waals surface area contributed by atoms with Crippen LogP contribution in [0.3, 0.4) is 0 Å². The molecule has 2 aromatic rings. The highest BCUT2D eigenvalue weighted by Crippen LogP contribution is 2.15. The fourth-order valence-electron chi connectivity index (χ4n) is 2.15. The Morgan fingerprint density at radius 3 is 2.70 bits per heavy atom. The Hall–Kier alpha value is -2.34. The number of nitrogens with one attached hydrogen (secondary N) is 1. The van der Waals surface area contributed by atoms with Crippen LogP contribution in [0.25, 0.3) is 10.8 Å². The van der Waals surface area contributed by atoms with Crippen LogP contribution in [0.15, 0.2) is 42.5 Å². The second kappa shape index (κ2) is 7.30. The first-order valence-corrected chi connectivity index (χ1v) is 6.91. The molecule has 0 spiro atoms. The van der Waals surface area contributed by atoms with Gasteiger partial charge in [0.2, 0.25) is 5.91 Å². The molecule has 0 radical (unpaired) electrons. The number of hydrogen-bond acceptors (Lipinski definition) is 2. The van der Waals surface area contributed by atoms with Crippen LogP contribution in [-0.2, 0) is 11.2 Å². The van der Waals surface area contributed by atoms with Crippen LogP contribution in [-0.4, -0.2) is 12.5 Å². The highest BCUT2D eigenvalue weighted by Gasteiger charge is 2.03. The molecule has 0 fully saturated rings. The Morgan fingerprint density at radius 2 is 1.90 bits per heavy atom. The number of carbonyl (C=O) groups excluding carboxylic acids is 1. The van der Waals surface area contributed by atoms with Crippen LogP contribution in [0.2, 0.25) is 0 Å². The molecule has 0 unspecified atom stereocenters. The molecule has 1 amide bonds. The van der Waals surface area contributed by atoms with Gasteiger partial charge in [0, 0.05) is 13.0 Å². The lowest BCUT2D eigenvalue weighted by atomic mass is 10.0. The van der Waals surface area contributed by atoms with Gasteiger partial charge in [-0.25, -0.2) is 0 Å². The van der Waals surface area contributed by atoms with Gasteiger partial charge in [0.1, 0.15) is 0 Å². The summed E-state index contributed by atoms with van der Waals surface area (Å²) >= 11 is 0. The number of carbonyl (C=O) groups is 1. The van der Waals surface area contributed by atoms with Gasteiger partial charge in [-0.3, -0.25) is 4.79 Å². The highest BCUT2D eigenvalue weighted by molar-refractivity contribution is 5.85. The Kier molecular flexibility index (Phi) is 5.14. The van der Waals surface area contributed by atoms with E-state index in [1.807, 2.05) is 24.3 Å². The zero-order valence-electron chi connectivity index (χ0n) is 11.4. The van der Waals surface area contributed by atoms with Crippen LogP contribution >= 0.6 is 0 Å². The molecule has 0 aromatic heterocycles. The fourth-order valence-corrected chi connectivity index (χ4v) is 2.15. The number of rotatable bonds is 6. The molecule has 0 saturated carbocycles. The van der Waals surface area contributed by atoms with E-state index in [4.69, 9.17) is 5.26 Å². The van der Waals surface area contributed by atoms with E-state index in [0.717, 1.165) is 23.8 Å². The molecule has 2 rings (SSSR count). The van der Waals surface area contributed by atoms with Gasteiger partial charge in [0.05, 0.1) is 12.5 Å². The minimum atomic E-state index is 0.0391. The van der Waals surface area contributed by atoms with Crippen molar-refractivity contribution >= 4 is 16.7 Å². The average Bonchev–Trinajstić information content (AvgIpc) is 2.47. The third-order valence-electron chi connectivity index (χ3n) is 3.22. The van der Waals surface area contributed by atoms with Crippen molar-refractivity contribution < 1.29 is 4.79 Å². The molecule has 0 atom stereocenters. The first-order chi connectivity index (χ1) is 9.79. The fraction of sp³-hybridized carbons (Fsp3) is 0.294. The molecular weight excluding hydrogens is 248 g/mol. The van der Waals surface area contributed by atoms with Crippen molar-refractivity contribution in [3.63, 3.8) is 0 Å². The summed E-state index contributed by atoms with van der Waals surface area (Å²) < 4.78 is 0. The largest absolute Gasteiger partial charge is 0.356 e. The molecule has 0 heterocycles. The van der Waals surface area contributed by atoms with Gasteiger partial charge in [-0.05, 0) is 29.2 Å². The van der Waals surface area contributed by atoms with Gasteiger partial charge in [-0.15, -0.1) is 0 Å². The smallest absolute Gasteiger partial charge is 0.224 e. The lowest BCUT2D eigenvalue weighted by Gasteiger charge is -2.06. The van der Waals surface area contributed by atoms with E-state index < -0.39 is 0 Å². The average molecular weight is 266 g/mol. The zero-order valence-corrected chi connectivity index (χ0v) is 11.4. The summed E-state index contributed by atoms with van der Waals surface area (Å²) in [5.41, 5.74) is 1.03. The molecule has 2 aromatic carbocycles. The van der Waals surface area contributed by atoms with Gasteiger partial charge >= 0.3 is 0 Å². The van der Waals surface area contributed by atoms with E-state index in [1.54, 1.807) is 0 Å². The van der Waals surface area contributed by atoms with Gasteiger partial charge in [0.25, 0.3) is 0 Å². The number of benzene rings is 2. The molecule has 0 aliphatic carbocycles. The lowest BCUT2D eigenvalue weighted by molar-refractivity contribution is -0.120. The van der Waals surface area contributed by atoms with Gasteiger partial charge in [0.15, 0.2) is 0 Å². The number of amides is 1. The van der Waals surface area contributed by atoms with E-state index in [0.29, 0.717) is 19.4 Å². The van der Waals surface area contributed by atoms with Gasteiger partial charge in [-0.2, -0.15) is 5.26 Å². The van der Waals surface area contributed by atoms with E-state index in [1.165, 1.54) is 5.39 Å². The summed E-state index contributed by atoms with van der Waals surface area (Å²) in [6, 6.07) is 16.3. The molecule has 20 heavy (non-hydrogen) atoms. The Bertz CT molecular complexity index is 628. The number of hydrogen-bond donors (Lipinski definition) is 1. The topological polar surface area (TPSA) is 52.9 Å². The highest BCUT2D eigenvalue weighted by atomic mass is 16.1.